The van der Waals surface area contributed by atoms with Gasteiger partial charge in [-0.15, -0.1) is 0 Å². The molecule has 0 saturated carbocycles. The highest BCUT2D eigenvalue weighted by atomic mass is 79.9. The van der Waals surface area contributed by atoms with Gasteiger partial charge in [0.2, 0.25) is 0 Å². The number of amides is 2. The summed E-state index contributed by atoms with van der Waals surface area (Å²) >= 11 is 3.13. The molecule has 5 heteroatoms. The van der Waals surface area contributed by atoms with Crippen molar-refractivity contribution in [1.82, 2.24) is 10.3 Å². The van der Waals surface area contributed by atoms with Crippen LogP contribution in [0.4, 0.5) is 0 Å². The van der Waals surface area contributed by atoms with Gasteiger partial charge in [-0.25, -0.2) is 0 Å². The van der Waals surface area contributed by atoms with Crippen LogP contribution in [-0.4, -0.2) is 16.8 Å². The fourth-order valence-electron chi connectivity index (χ4n) is 1.88. The SMILES string of the molecule is O=C1NC(=O)C(c2cc3ccccc3[nH]2)=C1Br. The van der Waals surface area contributed by atoms with E-state index in [2.05, 4.69) is 26.2 Å². The Morgan fingerprint density at radius 3 is 2.47 bits per heavy atom. The van der Waals surface area contributed by atoms with Crippen LogP contribution in [0.15, 0.2) is 34.8 Å². The minimum Gasteiger partial charge on any atom is -0.354 e. The first kappa shape index (κ1) is 10.3. The highest BCUT2D eigenvalue weighted by molar-refractivity contribution is 9.12. The first-order valence-electron chi connectivity index (χ1n) is 5.00. The second-order valence-corrected chi connectivity index (χ2v) is 4.54. The number of nitrogens with one attached hydrogen (secondary N) is 2. The Kier molecular flexibility index (Phi) is 2.16. The Morgan fingerprint density at radius 2 is 1.82 bits per heavy atom. The van der Waals surface area contributed by atoms with Crippen LogP contribution in [-0.2, 0) is 9.59 Å². The monoisotopic (exact) mass is 290 g/mol. The van der Waals surface area contributed by atoms with Crippen LogP contribution in [0.1, 0.15) is 5.69 Å². The number of halogens is 1. The molecule has 0 saturated heterocycles. The molecule has 0 radical (unpaired) electrons. The van der Waals surface area contributed by atoms with Gasteiger partial charge in [0, 0.05) is 10.9 Å². The molecule has 1 aromatic heterocycles. The van der Waals surface area contributed by atoms with Gasteiger partial charge in [-0.05, 0) is 28.1 Å². The number of benzene rings is 1. The summed E-state index contributed by atoms with van der Waals surface area (Å²) in [6.45, 7) is 0. The molecule has 17 heavy (non-hydrogen) atoms. The van der Waals surface area contributed by atoms with Crippen LogP contribution < -0.4 is 5.32 Å². The molecule has 1 aliphatic rings. The Labute approximate surface area is 105 Å². The molecular formula is C12H7BrN2O2. The van der Waals surface area contributed by atoms with E-state index in [1.165, 1.54) is 0 Å². The number of para-hydroxylation sites is 1. The maximum Gasteiger partial charge on any atom is 0.266 e. The summed E-state index contributed by atoms with van der Waals surface area (Å²) in [7, 11) is 0. The fourth-order valence-corrected chi connectivity index (χ4v) is 2.38. The maximum absolute atomic E-state index is 11.6. The molecule has 1 aliphatic heterocycles. The van der Waals surface area contributed by atoms with Gasteiger partial charge in [0.25, 0.3) is 11.8 Å². The first-order chi connectivity index (χ1) is 8.16. The average Bonchev–Trinajstić information content (AvgIpc) is 2.81. The Morgan fingerprint density at radius 1 is 1.06 bits per heavy atom. The molecule has 0 bridgehead atoms. The predicted molar refractivity (Wildman–Crippen MR) is 67.3 cm³/mol. The van der Waals surface area contributed by atoms with Crippen LogP contribution in [0.3, 0.4) is 0 Å². The van der Waals surface area contributed by atoms with Crippen molar-refractivity contribution < 1.29 is 9.59 Å². The van der Waals surface area contributed by atoms with Crippen LogP contribution in [0.2, 0.25) is 0 Å². The second-order valence-electron chi connectivity index (χ2n) is 3.74. The summed E-state index contributed by atoms with van der Waals surface area (Å²) in [5, 5.41) is 3.24. The number of carbonyl (C=O) groups is 2. The van der Waals surface area contributed by atoms with Gasteiger partial charge in [0.1, 0.15) is 0 Å². The number of fused-ring (bicyclic) bond motifs is 1. The van der Waals surface area contributed by atoms with Crippen LogP contribution in [0.25, 0.3) is 16.5 Å². The van der Waals surface area contributed by atoms with Crippen LogP contribution >= 0.6 is 15.9 Å². The lowest BCUT2D eigenvalue weighted by molar-refractivity contribution is -0.123. The highest BCUT2D eigenvalue weighted by Crippen LogP contribution is 2.29. The molecule has 3 rings (SSSR count). The topological polar surface area (TPSA) is 62.0 Å². The number of carbonyl (C=O) groups excluding carboxylic acids is 2. The van der Waals surface area contributed by atoms with Gasteiger partial charge in [-0.1, -0.05) is 18.2 Å². The lowest BCUT2D eigenvalue weighted by Crippen LogP contribution is -2.22. The van der Waals surface area contributed by atoms with Crippen molar-refractivity contribution in [3.63, 3.8) is 0 Å². The molecule has 1 aromatic carbocycles. The number of aromatic amines is 1. The van der Waals surface area contributed by atoms with Crippen molar-refractivity contribution in [2.75, 3.05) is 0 Å². The summed E-state index contributed by atoms with van der Waals surface area (Å²) < 4.78 is 0.272. The van der Waals surface area contributed by atoms with E-state index < -0.39 is 5.91 Å². The van der Waals surface area contributed by atoms with Crippen molar-refractivity contribution in [3.8, 4) is 0 Å². The number of H-pyrrole nitrogens is 1. The first-order valence-corrected chi connectivity index (χ1v) is 5.79. The van der Waals surface area contributed by atoms with Gasteiger partial charge < -0.3 is 4.98 Å². The van der Waals surface area contributed by atoms with E-state index in [9.17, 15) is 9.59 Å². The number of imide groups is 1. The van der Waals surface area contributed by atoms with Gasteiger partial charge in [-0.2, -0.15) is 0 Å². The van der Waals surface area contributed by atoms with Gasteiger partial charge >= 0.3 is 0 Å². The van der Waals surface area contributed by atoms with Crippen molar-refractivity contribution in [2.45, 2.75) is 0 Å². The van der Waals surface area contributed by atoms with E-state index in [0.29, 0.717) is 11.3 Å². The van der Waals surface area contributed by atoms with Crippen LogP contribution in [0, 0.1) is 0 Å². The molecule has 84 valence electrons. The van der Waals surface area contributed by atoms with E-state index in [1.807, 2.05) is 30.3 Å². The van der Waals surface area contributed by atoms with E-state index >= 15 is 0 Å². The van der Waals surface area contributed by atoms with Crippen molar-refractivity contribution >= 4 is 44.2 Å². The minimum atomic E-state index is -0.399. The third-order valence-electron chi connectivity index (χ3n) is 2.67. The zero-order valence-corrected chi connectivity index (χ0v) is 10.2. The lowest BCUT2D eigenvalue weighted by Gasteiger charge is -1.94. The van der Waals surface area contributed by atoms with Crippen LogP contribution in [0.5, 0.6) is 0 Å². The summed E-state index contributed by atoms with van der Waals surface area (Å²) in [4.78, 5) is 26.1. The maximum atomic E-state index is 11.6. The Hall–Kier alpha value is -1.88. The number of aromatic nitrogens is 1. The quantitative estimate of drug-likeness (QED) is 0.789. The van der Waals surface area contributed by atoms with E-state index in [0.717, 1.165) is 10.9 Å². The molecule has 0 fully saturated rings. The predicted octanol–water partition coefficient (Wildman–Crippen LogP) is 1.93. The van der Waals surface area contributed by atoms with E-state index in [4.69, 9.17) is 0 Å². The van der Waals surface area contributed by atoms with Crippen molar-refractivity contribution in [1.29, 1.82) is 0 Å². The summed E-state index contributed by atoms with van der Waals surface area (Å²) in [5.74, 6) is -0.780. The van der Waals surface area contributed by atoms with E-state index in [-0.39, 0.29) is 10.4 Å². The molecular weight excluding hydrogens is 284 g/mol. The van der Waals surface area contributed by atoms with Gasteiger partial charge in [0.15, 0.2) is 0 Å². The van der Waals surface area contributed by atoms with Crippen molar-refractivity contribution in [2.24, 2.45) is 0 Å². The summed E-state index contributed by atoms with van der Waals surface area (Å²) in [6, 6.07) is 9.54. The number of hydrogen-bond acceptors (Lipinski definition) is 2. The zero-order chi connectivity index (χ0) is 12.0. The largest absolute Gasteiger partial charge is 0.354 e. The third-order valence-corrected chi connectivity index (χ3v) is 3.43. The smallest absolute Gasteiger partial charge is 0.266 e. The number of rotatable bonds is 1. The van der Waals surface area contributed by atoms with E-state index in [1.54, 1.807) is 0 Å². The van der Waals surface area contributed by atoms with Crippen molar-refractivity contribution in [3.05, 3.63) is 40.5 Å². The molecule has 2 aromatic rings. The molecule has 0 atom stereocenters. The molecule has 2 heterocycles. The number of hydrogen-bond donors (Lipinski definition) is 2. The third kappa shape index (κ3) is 1.51. The zero-order valence-electron chi connectivity index (χ0n) is 8.58. The normalized spacial score (nSPS) is 15.8. The molecule has 0 aliphatic carbocycles. The molecule has 2 N–H and O–H groups in total. The molecule has 4 nitrogen and oxygen atoms in total. The second kappa shape index (κ2) is 3.56. The van der Waals surface area contributed by atoms with Gasteiger partial charge in [0.05, 0.1) is 15.7 Å². The lowest BCUT2D eigenvalue weighted by atomic mass is 10.2. The Bertz CT molecular complexity index is 652. The average molecular weight is 291 g/mol. The Balaban J connectivity index is 2.22. The summed E-state index contributed by atoms with van der Waals surface area (Å²) in [6.07, 6.45) is 0. The molecule has 0 spiro atoms. The molecule has 2 amide bonds. The molecule has 0 unspecified atom stereocenters. The minimum absolute atomic E-state index is 0.272. The van der Waals surface area contributed by atoms with Gasteiger partial charge in [-0.3, -0.25) is 14.9 Å². The summed E-state index contributed by atoms with van der Waals surface area (Å²) in [5.41, 5.74) is 1.93. The fraction of sp³-hybridized carbons (Fsp3) is 0. The highest BCUT2D eigenvalue weighted by Gasteiger charge is 2.30. The standard InChI is InChI=1S/C12H7BrN2O2/c13-10-9(11(16)15-12(10)17)8-5-6-3-1-2-4-7(6)14-8/h1-5,14H,(H,15,16,17).